The van der Waals surface area contributed by atoms with Crippen LogP contribution in [0.15, 0.2) is 68.8 Å². The quantitative estimate of drug-likeness (QED) is 0.511. The number of unbranched alkanes of at least 4 members (excludes halogenated alkanes) is 1. The van der Waals surface area contributed by atoms with Gasteiger partial charge in [-0.3, -0.25) is 24.0 Å². The van der Waals surface area contributed by atoms with Crippen molar-refractivity contribution in [2.75, 3.05) is 28.6 Å². The Bertz CT molecular complexity index is 1250. The van der Waals surface area contributed by atoms with Crippen molar-refractivity contribution in [1.82, 2.24) is 9.55 Å². The van der Waals surface area contributed by atoms with Crippen LogP contribution in [0.25, 0.3) is 0 Å². The number of furan rings is 1. The topological polar surface area (TPSA) is 118 Å². The lowest BCUT2D eigenvalue weighted by Gasteiger charge is -2.24. The number of nitrogens with one attached hydrogen (secondary N) is 1. The molecule has 1 amide bonds. The van der Waals surface area contributed by atoms with Crippen molar-refractivity contribution in [3.63, 3.8) is 0 Å². The Morgan fingerprint density at radius 3 is 2.52 bits per heavy atom. The van der Waals surface area contributed by atoms with Gasteiger partial charge in [-0.25, -0.2) is 4.79 Å². The van der Waals surface area contributed by atoms with E-state index in [4.69, 9.17) is 10.2 Å². The van der Waals surface area contributed by atoms with Crippen molar-refractivity contribution in [3.05, 3.63) is 87.0 Å². The molecule has 0 radical (unpaired) electrons. The number of aromatic amines is 1. The molecule has 9 nitrogen and oxygen atoms in total. The van der Waals surface area contributed by atoms with Crippen molar-refractivity contribution >= 4 is 23.1 Å². The average molecular weight is 450 g/mol. The number of carbonyl (C=O) groups is 1. The maximum absolute atomic E-state index is 13.6. The summed E-state index contributed by atoms with van der Waals surface area (Å²) in [5.74, 6) is 0.0143. The average Bonchev–Trinajstić information content (AvgIpc) is 3.52. The lowest BCUT2D eigenvalue weighted by molar-refractivity contribution is 0.0983. The van der Waals surface area contributed by atoms with Crippen LogP contribution in [0, 0.1) is 0 Å². The van der Waals surface area contributed by atoms with Crippen molar-refractivity contribution in [3.8, 4) is 0 Å². The lowest BCUT2D eigenvalue weighted by atomic mass is 10.1. The van der Waals surface area contributed by atoms with E-state index < -0.39 is 17.2 Å². The standard InChI is InChI=1S/C24H27N5O4/c1-2-3-14-28-21(25)20(22(30)26-24(28)32)29(16-19-7-6-15-33-19)23(31)17-8-10-18(11-9-17)27-12-4-5-13-27/h4-11,15H,2-3,12-14,16,25H2,1H3,(H,26,30,32). The van der Waals surface area contributed by atoms with Gasteiger partial charge in [-0.2, -0.15) is 0 Å². The van der Waals surface area contributed by atoms with Crippen molar-refractivity contribution in [1.29, 1.82) is 0 Å². The number of carbonyl (C=O) groups excluding carboxylic acids is 1. The fourth-order valence-corrected chi connectivity index (χ4v) is 3.85. The van der Waals surface area contributed by atoms with Gasteiger partial charge in [0.15, 0.2) is 5.69 Å². The van der Waals surface area contributed by atoms with Gasteiger partial charge in [0.2, 0.25) is 0 Å². The van der Waals surface area contributed by atoms with E-state index in [1.54, 1.807) is 24.3 Å². The van der Waals surface area contributed by atoms with Gasteiger partial charge < -0.3 is 15.1 Å². The third-order valence-corrected chi connectivity index (χ3v) is 5.66. The number of nitrogens with two attached hydrogens (primary N) is 1. The van der Waals surface area contributed by atoms with Crippen molar-refractivity contribution in [2.45, 2.75) is 32.9 Å². The molecule has 1 aromatic carbocycles. The largest absolute Gasteiger partial charge is 0.467 e. The number of anilines is 3. The fourth-order valence-electron chi connectivity index (χ4n) is 3.85. The monoisotopic (exact) mass is 449 g/mol. The van der Waals surface area contributed by atoms with E-state index in [0.717, 1.165) is 25.2 Å². The molecule has 0 atom stereocenters. The summed E-state index contributed by atoms with van der Waals surface area (Å²) in [6.45, 7) is 3.96. The first-order chi connectivity index (χ1) is 16.0. The van der Waals surface area contributed by atoms with Crippen molar-refractivity contribution in [2.24, 2.45) is 0 Å². The predicted octanol–water partition coefficient (Wildman–Crippen LogP) is 2.74. The Kier molecular flexibility index (Phi) is 6.48. The van der Waals surface area contributed by atoms with Crippen LogP contribution >= 0.6 is 0 Å². The van der Waals surface area contributed by atoms with Gasteiger partial charge in [0, 0.05) is 30.9 Å². The molecule has 172 valence electrons. The van der Waals surface area contributed by atoms with Gasteiger partial charge in [0.25, 0.3) is 11.5 Å². The molecule has 3 N–H and O–H groups in total. The smallest absolute Gasteiger partial charge is 0.330 e. The molecule has 9 heteroatoms. The zero-order valence-electron chi connectivity index (χ0n) is 18.5. The number of H-pyrrole nitrogens is 1. The minimum Gasteiger partial charge on any atom is -0.467 e. The summed E-state index contributed by atoms with van der Waals surface area (Å²) in [5.41, 5.74) is 6.29. The van der Waals surface area contributed by atoms with E-state index >= 15 is 0 Å². The highest BCUT2D eigenvalue weighted by Crippen LogP contribution is 2.24. The van der Waals surface area contributed by atoms with Gasteiger partial charge >= 0.3 is 5.69 Å². The third-order valence-electron chi connectivity index (χ3n) is 5.66. The van der Waals surface area contributed by atoms with Gasteiger partial charge in [-0.15, -0.1) is 0 Å². The predicted molar refractivity (Wildman–Crippen MR) is 128 cm³/mol. The molecular formula is C24H27N5O4. The zero-order valence-corrected chi connectivity index (χ0v) is 18.5. The molecule has 2 aromatic heterocycles. The van der Waals surface area contributed by atoms with Gasteiger partial charge in [0.1, 0.15) is 11.6 Å². The van der Waals surface area contributed by atoms with Gasteiger partial charge in [-0.1, -0.05) is 25.5 Å². The van der Waals surface area contributed by atoms with E-state index in [9.17, 15) is 14.4 Å². The van der Waals surface area contributed by atoms with E-state index in [1.807, 2.05) is 19.1 Å². The summed E-state index contributed by atoms with van der Waals surface area (Å²) < 4.78 is 6.73. The third kappa shape index (κ3) is 4.62. The van der Waals surface area contributed by atoms with E-state index in [-0.39, 0.29) is 18.1 Å². The molecule has 3 heterocycles. The van der Waals surface area contributed by atoms with Crippen LogP contribution in [-0.4, -0.2) is 28.5 Å². The molecule has 0 spiro atoms. The molecule has 0 saturated carbocycles. The highest BCUT2D eigenvalue weighted by atomic mass is 16.3. The SMILES string of the molecule is CCCCn1c(N)c(N(Cc2ccco2)C(=O)c2ccc(N3CC=CC3)cc2)c(=O)[nH]c1=O. The van der Waals surface area contributed by atoms with Crippen LogP contribution in [-0.2, 0) is 13.1 Å². The van der Waals surface area contributed by atoms with Crippen LogP contribution in [0.4, 0.5) is 17.2 Å². The molecule has 0 fully saturated rings. The fraction of sp³-hybridized carbons (Fsp3) is 0.292. The Labute approximate surface area is 190 Å². The van der Waals surface area contributed by atoms with Crippen molar-refractivity contribution < 1.29 is 9.21 Å². The first-order valence-corrected chi connectivity index (χ1v) is 11.0. The number of rotatable bonds is 8. The van der Waals surface area contributed by atoms with E-state index in [0.29, 0.717) is 24.3 Å². The second-order valence-electron chi connectivity index (χ2n) is 7.89. The highest BCUT2D eigenvalue weighted by Gasteiger charge is 2.26. The summed E-state index contributed by atoms with van der Waals surface area (Å²) in [5, 5.41) is 0. The molecule has 0 bridgehead atoms. The molecule has 1 aliphatic rings. The minimum absolute atomic E-state index is 0.0110. The summed E-state index contributed by atoms with van der Waals surface area (Å²) in [7, 11) is 0. The van der Waals surface area contributed by atoms with E-state index in [2.05, 4.69) is 22.0 Å². The van der Waals surface area contributed by atoms with Crippen LogP contribution in [0.1, 0.15) is 35.9 Å². The number of hydrogen-bond acceptors (Lipinski definition) is 6. The number of hydrogen-bond donors (Lipinski definition) is 2. The molecular weight excluding hydrogens is 422 g/mol. The number of aromatic nitrogens is 2. The number of benzene rings is 1. The van der Waals surface area contributed by atoms with E-state index in [1.165, 1.54) is 15.7 Å². The second kappa shape index (κ2) is 9.64. The molecule has 3 aromatic rings. The highest BCUT2D eigenvalue weighted by molar-refractivity contribution is 6.07. The second-order valence-corrected chi connectivity index (χ2v) is 7.89. The Hall–Kier alpha value is -4.01. The molecule has 0 unspecified atom stereocenters. The van der Waals surface area contributed by atoms with Crippen LogP contribution in [0.5, 0.6) is 0 Å². The first kappa shape index (κ1) is 22.2. The first-order valence-electron chi connectivity index (χ1n) is 11.0. The summed E-state index contributed by atoms with van der Waals surface area (Å²) in [4.78, 5) is 44.5. The minimum atomic E-state index is -0.718. The lowest BCUT2D eigenvalue weighted by Crippen LogP contribution is -2.41. The Morgan fingerprint density at radius 2 is 1.88 bits per heavy atom. The van der Waals surface area contributed by atoms with Gasteiger partial charge in [0.05, 0.1) is 12.8 Å². The van der Waals surface area contributed by atoms with Crippen LogP contribution in [0.2, 0.25) is 0 Å². The summed E-state index contributed by atoms with van der Waals surface area (Å²) >= 11 is 0. The number of nitrogens with zero attached hydrogens (tertiary/aromatic N) is 3. The molecule has 4 rings (SSSR count). The molecule has 0 aliphatic carbocycles. The van der Waals surface area contributed by atoms with Crippen LogP contribution in [0.3, 0.4) is 0 Å². The maximum Gasteiger partial charge on any atom is 0.330 e. The molecule has 1 aliphatic heterocycles. The molecule has 0 saturated heterocycles. The Morgan fingerprint density at radius 1 is 1.15 bits per heavy atom. The van der Waals surface area contributed by atoms with Crippen LogP contribution < -0.4 is 26.8 Å². The number of nitrogen functional groups attached to an aromatic ring is 1. The molecule has 33 heavy (non-hydrogen) atoms. The Balaban J connectivity index is 1.73. The summed E-state index contributed by atoms with van der Waals surface area (Å²) in [6, 6.07) is 10.6. The summed E-state index contributed by atoms with van der Waals surface area (Å²) in [6.07, 6.45) is 7.22. The maximum atomic E-state index is 13.6. The number of amides is 1. The normalized spacial score (nSPS) is 12.9. The zero-order chi connectivity index (χ0) is 23.4. The van der Waals surface area contributed by atoms with Gasteiger partial charge in [-0.05, 0) is 42.8 Å².